The summed E-state index contributed by atoms with van der Waals surface area (Å²) < 4.78 is 13.1. The summed E-state index contributed by atoms with van der Waals surface area (Å²) in [6.07, 6.45) is 4.36. The summed E-state index contributed by atoms with van der Waals surface area (Å²) in [5.41, 5.74) is 0.820. The van der Waals surface area contributed by atoms with Crippen LogP contribution < -0.4 is 0 Å². The molecular weight excluding hydrogens is 253 g/mol. The van der Waals surface area contributed by atoms with Gasteiger partial charge in [0.2, 0.25) is 5.91 Å². The van der Waals surface area contributed by atoms with Crippen molar-refractivity contribution in [2.45, 2.75) is 38.3 Å². The van der Waals surface area contributed by atoms with E-state index >= 15 is 0 Å². The maximum atomic E-state index is 13.1. The monoisotopic (exact) mass is 269 g/mol. The van der Waals surface area contributed by atoms with Gasteiger partial charge in [0.15, 0.2) is 0 Å². The highest BCUT2D eigenvalue weighted by atomic mass is 35.5. The fourth-order valence-corrected chi connectivity index (χ4v) is 2.70. The van der Waals surface area contributed by atoms with E-state index in [-0.39, 0.29) is 23.6 Å². The number of carbonyl (C=O) groups is 1. The van der Waals surface area contributed by atoms with Gasteiger partial charge in [-0.3, -0.25) is 4.79 Å². The van der Waals surface area contributed by atoms with Crippen LogP contribution in [0.5, 0.6) is 0 Å². The van der Waals surface area contributed by atoms with Gasteiger partial charge >= 0.3 is 0 Å². The number of halogens is 2. The van der Waals surface area contributed by atoms with E-state index in [0.29, 0.717) is 6.54 Å². The van der Waals surface area contributed by atoms with Crippen LogP contribution in [-0.2, 0) is 11.3 Å². The average molecular weight is 270 g/mol. The summed E-state index contributed by atoms with van der Waals surface area (Å²) in [7, 11) is 0. The zero-order chi connectivity index (χ0) is 13.0. The molecule has 18 heavy (non-hydrogen) atoms. The molecule has 0 saturated heterocycles. The molecule has 1 amide bonds. The molecule has 0 radical (unpaired) electrons. The summed E-state index contributed by atoms with van der Waals surface area (Å²) in [6, 6.07) is 6.66. The summed E-state index contributed by atoms with van der Waals surface area (Å²) in [6.45, 7) is 0.452. The SMILES string of the molecule is O=C(CCl)N(Cc1cccc(F)c1)C1CCCC1. The van der Waals surface area contributed by atoms with Gasteiger partial charge in [-0.1, -0.05) is 25.0 Å². The van der Waals surface area contributed by atoms with Gasteiger partial charge < -0.3 is 4.90 Å². The van der Waals surface area contributed by atoms with Crippen molar-refractivity contribution >= 4 is 17.5 Å². The minimum absolute atomic E-state index is 0.00812. The Kier molecular flexibility index (Phi) is 4.59. The predicted molar refractivity (Wildman–Crippen MR) is 69.9 cm³/mol. The second-order valence-electron chi connectivity index (χ2n) is 4.72. The van der Waals surface area contributed by atoms with E-state index < -0.39 is 0 Å². The van der Waals surface area contributed by atoms with Crippen LogP contribution in [0.4, 0.5) is 4.39 Å². The molecule has 4 heteroatoms. The molecule has 0 spiro atoms. The molecule has 1 saturated carbocycles. The Balaban J connectivity index is 2.11. The van der Waals surface area contributed by atoms with Crippen molar-refractivity contribution < 1.29 is 9.18 Å². The van der Waals surface area contributed by atoms with Crippen LogP contribution in [0.2, 0.25) is 0 Å². The van der Waals surface area contributed by atoms with E-state index in [2.05, 4.69) is 0 Å². The lowest BCUT2D eigenvalue weighted by atomic mass is 10.1. The van der Waals surface area contributed by atoms with E-state index in [1.54, 1.807) is 11.0 Å². The Labute approximate surface area is 112 Å². The molecule has 1 aromatic carbocycles. The Morgan fingerprint density at radius 2 is 2.11 bits per heavy atom. The predicted octanol–water partition coefficient (Wildman–Crippen LogP) is 3.34. The van der Waals surface area contributed by atoms with Crippen LogP contribution >= 0.6 is 11.6 Å². The molecule has 0 unspecified atom stereocenters. The quantitative estimate of drug-likeness (QED) is 0.768. The maximum Gasteiger partial charge on any atom is 0.238 e. The first-order chi connectivity index (χ1) is 8.70. The number of hydrogen-bond acceptors (Lipinski definition) is 1. The van der Waals surface area contributed by atoms with Crippen molar-refractivity contribution in [1.82, 2.24) is 4.90 Å². The van der Waals surface area contributed by atoms with Gasteiger partial charge in [0.05, 0.1) is 0 Å². The molecule has 0 atom stereocenters. The fraction of sp³-hybridized carbons (Fsp3) is 0.500. The second-order valence-corrected chi connectivity index (χ2v) is 4.99. The van der Waals surface area contributed by atoms with Crippen LogP contribution in [-0.4, -0.2) is 22.7 Å². The van der Waals surface area contributed by atoms with Crippen molar-refractivity contribution in [2.24, 2.45) is 0 Å². The Morgan fingerprint density at radius 1 is 1.39 bits per heavy atom. The second kappa shape index (κ2) is 6.19. The number of rotatable bonds is 4. The van der Waals surface area contributed by atoms with Crippen molar-refractivity contribution in [2.75, 3.05) is 5.88 Å². The van der Waals surface area contributed by atoms with E-state index in [0.717, 1.165) is 31.2 Å². The zero-order valence-corrected chi connectivity index (χ0v) is 11.0. The lowest BCUT2D eigenvalue weighted by Crippen LogP contribution is -2.39. The van der Waals surface area contributed by atoms with Crippen molar-refractivity contribution in [3.05, 3.63) is 35.6 Å². The molecule has 2 rings (SSSR count). The highest BCUT2D eigenvalue weighted by molar-refractivity contribution is 6.27. The molecule has 0 bridgehead atoms. The normalized spacial score (nSPS) is 15.9. The standard InChI is InChI=1S/C14H17ClFNO/c15-9-14(18)17(13-6-1-2-7-13)10-11-4-3-5-12(16)8-11/h3-5,8,13H,1-2,6-7,9-10H2. The topological polar surface area (TPSA) is 20.3 Å². The molecule has 0 aromatic heterocycles. The molecule has 98 valence electrons. The number of nitrogens with zero attached hydrogens (tertiary/aromatic N) is 1. The first-order valence-corrected chi connectivity index (χ1v) is 6.84. The summed E-state index contributed by atoms with van der Waals surface area (Å²) in [5.74, 6) is -0.337. The third-order valence-electron chi connectivity index (χ3n) is 3.44. The highest BCUT2D eigenvalue weighted by Gasteiger charge is 2.26. The summed E-state index contributed by atoms with van der Waals surface area (Å²) >= 11 is 5.66. The first-order valence-electron chi connectivity index (χ1n) is 6.30. The molecule has 2 nitrogen and oxygen atoms in total. The number of alkyl halides is 1. The Hall–Kier alpha value is -1.09. The molecular formula is C14H17ClFNO. The number of benzene rings is 1. The van der Waals surface area contributed by atoms with Crippen LogP contribution in [0.1, 0.15) is 31.2 Å². The van der Waals surface area contributed by atoms with Crippen LogP contribution in [0.25, 0.3) is 0 Å². The largest absolute Gasteiger partial charge is 0.334 e. The van der Waals surface area contributed by atoms with Crippen LogP contribution in [0, 0.1) is 5.82 Å². The third kappa shape index (κ3) is 3.22. The summed E-state index contributed by atoms with van der Waals surface area (Å²) in [4.78, 5) is 13.7. The van der Waals surface area contributed by atoms with Gasteiger partial charge in [-0.25, -0.2) is 4.39 Å². The van der Waals surface area contributed by atoms with Crippen molar-refractivity contribution in [3.8, 4) is 0 Å². The fourth-order valence-electron chi connectivity index (χ4n) is 2.55. The molecule has 1 aliphatic rings. The van der Waals surface area contributed by atoms with Gasteiger partial charge in [-0.05, 0) is 30.5 Å². The molecule has 1 aromatic rings. The number of hydrogen-bond donors (Lipinski definition) is 0. The van der Waals surface area contributed by atoms with E-state index in [1.807, 2.05) is 6.07 Å². The van der Waals surface area contributed by atoms with E-state index in [4.69, 9.17) is 11.6 Å². The van der Waals surface area contributed by atoms with Crippen molar-refractivity contribution in [3.63, 3.8) is 0 Å². The number of carbonyl (C=O) groups excluding carboxylic acids is 1. The average Bonchev–Trinajstić information content (AvgIpc) is 2.89. The summed E-state index contributed by atoms with van der Waals surface area (Å²) in [5, 5.41) is 0. The molecule has 0 N–H and O–H groups in total. The van der Waals surface area contributed by atoms with Crippen LogP contribution in [0.15, 0.2) is 24.3 Å². The van der Waals surface area contributed by atoms with E-state index in [1.165, 1.54) is 12.1 Å². The smallest absolute Gasteiger partial charge is 0.238 e. The first kappa shape index (κ1) is 13.3. The molecule has 0 heterocycles. The minimum Gasteiger partial charge on any atom is -0.334 e. The third-order valence-corrected chi connectivity index (χ3v) is 3.67. The zero-order valence-electron chi connectivity index (χ0n) is 10.2. The van der Waals surface area contributed by atoms with Gasteiger partial charge in [0.25, 0.3) is 0 Å². The van der Waals surface area contributed by atoms with Gasteiger partial charge in [-0.2, -0.15) is 0 Å². The van der Waals surface area contributed by atoms with Crippen LogP contribution in [0.3, 0.4) is 0 Å². The van der Waals surface area contributed by atoms with Gasteiger partial charge in [0, 0.05) is 12.6 Å². The number of amides is 1. The van der Waals surface area contributed by atoms with Gasteiger partial charge in [-0.15, -0.1) is 11.6 Å². The van der Waals surface area contributed by atoms with Gasteiger partial charge in [0.1, 0.15) is 11.7 Å². The molecule has 0 aliphatic heterocycles. The Bertz CT molecular complexity index is 418. The lowest BCUT2D eigenvalue weighted by molar-refractivity contribution is -0.131. The lowest BCUT2D eigenvalue weighted by Gasteiger charge is -2.28. The molecule has 1 aliphatic carbocycles. The maximum absolute atomic E-state index is 13.1. The Morgan fingerprint density at radius 3 is 2.72 bits per heavy atom. The van der Waals surface area contributed by atoms with Crippen molar-refractivity contribution in [1.29, 1.82) is 0 Å². The minimum atomic E-state index is -0.266. The molecule has 1 fully saturated rings. The van der Waals surface area contributed by atoms with E-state index in [9.17, 15) is 9.18 Å². The highest BCUT2D eigenvalue weighted by Crippen LogP contribution is 2.25.